The minimum atomic E-state index is -3.18. The highest BCUT2D eigenvalue weighted by Gasteiger charge is 2.43. The highest BCUT2D eigenvalue weighted by molar-refractivity contribution is 7.18. The number of nitrogen functional groups attached to an aromatic ring is 1. The number of alkyl halides is 2. The number of anilines is 1. The third kappa shape index (κ3) is 5.90. The number of nitrogens with one attached hydrogen (secondary N) is 1. The first-order chi connectivity index (χ1) is 14.3. The topological polar surface area (TPSA) is 84.7 Å². The number of amides is 2. The summed E-state index contributed by atoms with van der Waals surface area (Å²) in [6.07, 6.45) is -1.48. The lowest BCUT2D eigenvalue weighted by Crippen LogP contribution is -2.57. The Bertz CT molecular complexity index is 988. The monoisotopic (exact) mass is 455 g/mol. The molecule has 1 aromatic carbocycles. The van der Waals surface area contributed by atoms with Crippen molar-refractivity contribution in [2.24, 2.45) is 0 Å². The molecule has 0 radical (unpaired) electrons. The molecule has 6 nitrogen and oxygen atoms in total. The van der Waals surface area contributed by atoms with Gasteiger partial charge in [-0.1, -0.05) is 12.1 Å². The van der Waals surface area contributed by atoms with Crippen LogP contribution >= 0.6 is 11.3 Å². The Hall–Kier alpha value is -2.75. The zero-order valence-corrected chi connectivity index (χ0v) is 18.2. The summed E-state index contributed by atoms with van der Waals surface area (Å²) < 4.78 is 47.1. The molecule has 2 heterocycles. The molecule has 1 aromatic heterocycles. The van der Waals surface area contributed by atoms with E-state index in [1.807, 2.05) is 0 Å². The van der Waals surface area contributed by atoms with E-state index < -0.39 is 48.3 Å². The Labute approximate surface area is 182 Å². The van der Waals surface area contributed by atoms with Gasteiger partial charge in [-0.2, -0.15) is 0 Å². The van der Waals surface area contributed by atoms with Crippen LogP contribution in [0.4, 0.5) is 23.7 Å². The molecule has 1 saturated heterocycles. The summed E-state index contributed by atoms with van der Waals surface area (Å²) in [5.74, 6) is -4.24. The number of nitrogens with two attached hydrogens (primary N) is 1. The smallest absolute Gasteiger partial charge is 0.410 e. The predicted molar refractivity (Wildman–Crippen MR) is 113 cm³/mol. The van der Waals surface area contributed by atoms with Gasteiger partial charge in [-0.15, -0.1) is 11.3 Å². The van der Waals surface area contributed by atoms with Crippen molar-refractivity contribution in [3.8, 4) is 10.4 Å². The molecule has 2 amide bonds. The molecule has 1 atom stereocenters. The molecule has 2 aromatic rings. The molecule has 10 heteroatoms. The first-order valence-corrected chi connectivity index (χ1v) is 10.5. The van der Waals surface area contributed by atoms with Crippen molar-refractivity contribution in [2.75, 3.05) is 18.8 Å². The summed E-state index contributed by atoms with van der Waals surface area (Å²) in [6.45, 7) is 4.03. The van der Waals surface area contributed by atoms with E-state index >= 15 is 0 Å². The van der Waals surface area contributed by atoms with Crippen molar-refractivity contribution < 1.29 is 27.5 Å². The van der Waals surface area contributed by atoms with Crippen molar-refractivity contribution in [2.45, 2.75) is 44.8 Å². The minimum Gasteiger partial charge on any atom is -0.444 e. The second kappa shape index (κ2) is 8.41. The molecule has 0 unspecified atom stereocenters. The van der Waals surface area contributed by atoms with Gasteiger partial charge in [0.15, 0.2) is 0 Å². The van der Waals surface area contributed by atoms with Crippen LogP contribution in [0.3, 0.4) is 0 Å². The van der Waals surface area contributed by atoms with Crippen LogP contribution in [0, 0.1) is 5.82 Å². The SMILES string of the molecule is CC(C)(C)OC(=O)N1C[C@@H](NC(=O)c2sc(-c3cccc(F)c3)cc2N)CC(F)(F)C1. The van der Waals surface area contributed by atoms with E-state index in [2.05, 4.69) is 5.32 Å². The number of carbonyl (C=O) groups excluding carboxylic acids is 2. The van der Waals surface area contributed by atoms with Crippen LogP contribution in [0.2, 0.25) is 0 Å². The lowest BCUT2D eigenvalue weighted by molar-refractivity contribution is -0.0773. The first-order valence-electron chi connectivity index (χ1n) is 9.65. The van der Waals surface area contributed by atoms with Gasteiger partial charge in [-0.25, -0.2) is 18.0 Å². The molecule has 0 spiro atoms. The van der Waals surface area contributed by atoms with Crippen LogP contribution in [0.5, 0.6) is 0 Å². The second-order valence-corrected chi connectivity index (χ2v) is 9.55. The highest BCUT2D eigenvalue weighted by Crippen LogP contribution is 2.34. The zero-order valence-electron chi connectivity index (χ0n) is 17.4. The first kappa shape index (κ1) is 22.9. The van der Waals surface area contributed by atoms with E-state index in [0.29, 0.717) is 10.4 Å². The van der Waals surface area contributed by atoms with E-state index in [9.17, 15) is 22.8 Å². The fourth-order valence-electron chi connectivity index (χ4n) is 3.28. The number of thiophene rings is 1. The molecule has 1 aliphatic heterocycles. The molecular weight excluding hydrogens is 431 g/mol. The molecule has 0 saturated carbocycles. The van der Waals surface area contributed by atoms with E-state index in [-0.39, 0.29) is 17.1 Å². The van der Waals surface area contributed by atoms with Crippen LogP contribution in [-0.4, -0.2) is 47.6 Å². The van der Waals surface area contributed by atoms with Gasteiger partial charge >= 0.3 is 6.09 Å². The number of likely N-dealkylation sites (tertiary alicyclic amines) is 1. The third-order valence-corrected chi connectivity index (χ3v) is 5.67. The summed E-state index contributed by atoms with van der Waals surface area (Å²) in [6, 6.07) is 6.38. The van der Waals surface area contributed by atoms with Crippen LogP contribution in [0.1, 0.15) is 36.9 Å². The summed E-state index contributed by atoms with van der Waals surface area (Å²) in [7, 11) is 0. The Kier molecular flexibility index (Phi) is 6.22. The van der Waals surface area contributed by atoms with Crippen LogP contribution in [0.15, 0.2) is 30.3 Å². The summed E-state index contributed by atoms with van der Waals surface area (Å²) in [5, 5.41) is 2.54. The minimum absolute atomic E-state index is 0.113. The summed E-state index contributed by atoms with van der Waals surface area (Å²) in [5.41, 5.74) is 5.82. The molecule has 3 N–H and O–H groups in total. The molecule has 168 valence electrons. The zero-order chi connectivity index (χ0) is 23.0. The summed E-state index contributed by atoms with van der Waals surface area (Å²) >= 11 is 1.04. The van der Waals surface area contributed by atoms with Crippen LogP contribution in [-0.2, 0) is 4.74 Å². The van der Waals surface area contributed by atoms with Gasteiger partial charge in [0.1, 0.15) is 16.3 Å². The lowest BCUT2D eigenvalue weighted by Gasteiger charge is -2.38. The maximum atomic E-state index is 14.2. The molecule has 31 heavy (non-hydrogen) atoms. The standard InChI is InChI=1S/C21H24F3N3O3S/c1-20(2,3)30-19(29)27-10-14(9-21(23,24)11-27)26-18(28)17-15(25)8-16(31-17)12-5-4-6-13(22)7-12/h4-8,14H,9-11,25H2,1-3H3,(H,26,28)/t14-/m0/s1. The number of ether oxygens (including phenoxy) is 1. The van der Waals surface area contributed by atoms with E-state index in [4.69, 9.17) is 10.5 Å². The number of hydrogen-bond donors (Lipinski definition) is 2. The van der Waals surface area contributed by atoms with Crippen LogP contribution in [0.25, 0.3) is 10.4 Å². The van der Waals surface area contributed by atoms with E-state index in [1.54, 1.807) is 26.8 Å². The van der Waals surface area contributed by atoms with Crippen LogP contribution < -0.4 is 11.1 Å². The Morgan fingerprint density at radius 1 is 1.29 bits per heavy atom. The second-order valence-electron chi connectivity index (χ2n) is 8.50. The number of carbonyl (C=O) groups is 2. The number of hydrogen-bond acceptors (Lipinski definition) is 5. The lowest BCUT2D eigenvalue weighted by atomic mass is 10.0. The van der Waals surface area contributed by atoms with Gasteiger partial charge in [-0.05, 0) is 44.5 Å². The molecule has 1 fully saturated rings. The third-order valence-electron chi connectivity index (χ3n) is 4.47. The number of halogens is 3. The van der Waals surface area contributed by atoms with Crippen molar-refractivity contribution in [1.29, 1.82) is 0 Å². The van der Waals surface area contributed by atoms with Gasteiger partial charge in [0.05, 0.1) is 18.3 Å². The Morgan fingerprint density at radius 2 is 2.00 bits per heavy atom. The van der Waals surface area contributed by atoms with E-state index in [1.165, 1.54) is 24.3 Å². The van der Waals surface area contributed by atoms with Crippen molar-refractivity contribution in [3.63, 3.8) is 0 Å². The van der Waals surface area contributed by atoms with Gasteiger partial charge in [0.2, 0.25) is 0 Å². The van der Waals surface area contributed by atoms with Gasteiger partial charge in [-0.3, -0.25) is 4.79 Å². The van der Waals surface area contributed by atoms with Crippen molar-refractivity contribution in [1.82, 2.24) is 10.2 Å². The maximum Gasteiger partial charge on any atom is 0.410 e. The normalized spacial score (nSPS) is 18.5. The predicted octanol–water partition coefficient (Wildman–Crippen LogP) is 4.51. The maximum absolute atomic E-state index is 14.2. The molecule has 0 aliphatic carbocycles. The largest absolute Gasteiger partial charge is 0.444 e. The van der Waals surface area contributed by atoms with Crippen molar-refractivity contribution in [3.05, 3.63) is 41.0 Å². The fraction of sp³-hybridized carbons (Fsp3) is 0.429. The quantitative estimate of drug-likeness (QED) is 0.713. The molecule has 1 aliphatic rings. The average molecular weight is 456 g/mol. The number of piperidine rings is 1. The van der Waals surface area contributed by atoms with Gasteiger partial charge in [0, 0.05) is 17.8 Å². The molecule has 3 rings (SSSR count). The van der Waals surface area contributed by atoms with E-state index in [0.717, 1.165) is 16.2 Å². The summed E-state index contributed by atoms with van der Waals surface area (Å²) in [4.78, 5) is 26.6. The highest BCUT2D eigenvalue weighted by atomic mass is 32.1. The Balaban J connectivity index is 1.74. The van der Waals surface area contributed by atoms with Gasteiger partial charge in [0.25, 0.3) is 11.8 Å². The Morgan fingerprint density at radius 3 is 2.65 bits per heavy atom. The van der Waals surface area contributed by atoms with Gasteiger partial charge < -0.3 is 20.7 Å². The van der Waals surface area contributed by atoms with Crippen molar-refractivity contribution >= 4 is 29.0 Å². The number of nitrogens with zero attached hydrogens (tertiary/aromatic N) is 1. The number of rotatable bonds is 3. The fourth-order valence-corrected chi connectivity index (χ4v) is 4.26. The molecular formula is C21H24F3N3O3S. The molecule has 0 bridgehead atoms. The number of benzene rings is 1. The average Bonchev–Trinajstić information content (AvgIpc) is 3.01.